The highest BCUT2D eigenvalue weighted by atomic mass is 35.5. The van der Waals surface area contributed by atoms with Crippen LogP contribution >= 0.6 is 11.6 Å². The topological polar surface area (TPSA) is 72.3 Å². The van der Waals surface area contributed by atoms with Gasteiger partial charge in [0, 0.05) is 18.3 Å². The van der Waals surface area contributed by atoms with Gasteiger partial charge in [0.1, 0.15) is 11.6 Å². The van der Waals surface area contributed by atoms with Crippen molar-refractivity contribution in [3.05, 3.63) is 70.5 Å². The van der Waals surface area contributed by atoms with E-state index >= 15 is 0 Å². The zero-order valence-electron chi connectivity index (χ0n) is 15.5. The van der Waals surface area contributed by atoms with Crippen molar-refractivity contribution in [2.24, 2.45) is 7.05 Å². The van der Waals surface area contributed by atoms with Crippen molar-refractivity contribution in [3.8, 4) is 17.2 Å². The quantitative estimate of drug-likeness (QED) is 0.520. The maximum absolute atomic E-state index is 9.10. The van der Waals surface area contributed by atoms with Crippen LogP contribution in [-0.2, 0) is 13.6 Å². The number of halogens is 1. The Labute approximate surface area is 167 Å². The summed E-state index contributed by atoms with van der Waals surface area (Å²) in [6, 6.07) is 13.6. The molecule has 0 amide bonds. The molecule has 0 fully saturated rings. The monoisotopic (exact) mass is 388 g/mol. The second kappa shape index (κ2) is 6.95. The van der Waals surface area contributed by atoms with Gasteiger partial charge < -0.3 is 0 Å². The van der Waals surface area contributed by atoms with E-state index in [1.54, 1.807) is 22.9 Å². The summed E-state index contributed by atoms with van der Waals surface area (Å²) in [4.78, 5) is 0. The van der Waals surface area contributed by atoms with Gasteiger partial charge >= 0.3 is 0 Å². The van der Waals surface area contributed by atoms with Gasteiger partial charge in [0.15, 0.2) is 0 Å². The van der Waals surface area contributed by atoms with Crippen LogP contribution in [0.4, 0.5) is 0 Å². The second-order valence-electron chi connectivity index (χ2n) is 6.55. The van der Waals surface area contributed by atoms with Gasteiger partial charge in [-0.2, -0.15) is 10.4 Å². The molecule has 7 heteroatoms. The van der Waals surface area contributed by atoms with Crippen LogP contribution in [0, 0.1) is 18.3 Å². The Morgan fingerprint density at radius 1 is 1.25 bits per heavy atom. The third-order valence-electron chi connectivity index (χ3n) is 4.81. The van der Waals surface area contributed by atoms with Gasteiger partial charge in [-0.25, -0.2) is 4.68 Å². The molecule has 4 aromatic rings. The lowest BCUT2D eigenvalue weighted by Gasteiger charge is -2.07. The Kier molecular flexibility index (Phi) is 4.46. The smallest absolute Gasteiger partial charge is 0.113 e. The summed E-state index contributed by atoms with van der Waals surface area (Å²) in [5, 5.41) is 22.5. The largest absolute Gasteiger partial charge is 0.264 e. The molecule has 0 aliphatic rings. The lowest BCUT2D eigenvalue weighted by atomic mass is 10.0. The molecule has 2 aromatic heterocycles. The molecule has 0 aliphatic carbocycles. The van der Waals surface area contributed by atoms with Crippen LogP contribution in [0.3, 0.4) is 0 Å². The first-order valence-electron chi connectivity index (χ1n) is 8.70. The molecule has 2 heterocycles. The van der Waals surface area contributed by atoms with Crippen LogP contribution in [0.25, 0.3) is 28.2 Å². The molecular weight excluding hydrogens is 372 g/mol. The van der Waals surface area contributed by atoms with E-state index in [4.69, 9.17) is 22.0 Å². The molecule has 0 atom stereocenters. The summed E-state index contributed by atoms with van der Waals surface area (Å²) >= 11 is 6.23. The molecular formula is C21H17ClN6. The summed E-state index contributed by atoms with van der Waals surface area (Å²) in [6.07, 6.45) is 1.73. The fourth-order valence-corrected chi connectivity index (χ4v) is 3.56. The number of rotatable bonds is 4. The standard InChI is InChI=1S/C21H17ClN6/c1-4-18-21(15-6-7-16(11-23)17(22)10-15)13(2)28(25-18)12-14-5-8-20-19(9-14)24-26-27(20)3/h4-10H,1,12H2,2-3H3. The normalized spacial score (nSPS) is 10.9. The minimum atomic E-state index is 0.426. The maximum atomic E-state index is 9.10. The van der Waals surface area contributed by atoms with Crippen LogP contribution < -0.4 is 0 Å². The van der Waals surface area contributed by atoms with Crippen molar-refractivity contribution in [2.75, 3.05) is 0 Å². The molecule has 6 nitrogen and oxygen atoms in total. The van der Waals surface area contributed by atoms with E-state index in [1.165, 1.54) is 0 Å². The number of hydrogen-bond donors (Lipinski definition) is 0. The molecule has 0 spiro atoms. The van der Waals surface area contributed by atoms with Crippen molar-refractivity contribution >= 4 is 28.7 Å². The molecule has 0 N–H and O–H groups in total. The lowest BCUT2D eigenvalue weighted by Crippen LogP contribution is -2.04. The van der Waals surface area contributed by atoms with Crippen molar-refractivity contribution in [1.29, 1.82) is 5.26 Å². The van der Waals surface area contributed by atoms with Crippen molar-refractivity contribution < 1.29 is 0 Å². The summed E-state index contributed by atoms with van der Waals surface area (Å²) in [7, 11) is 1.87. The van der Waals surface area contributed by atoms with E-state index in [9.17, 15) is 0 Å². The predicted octanol–water partition coefficient (Wildman–Crippen LogP) is 4.36. The first-order chi connectivity index (χ1) is 13.5. The fraction of sp³-hybridized carbons (Fsp3) is 0.143. The molecule has 4 rings (SSSR count). The van der Waals surface area contributed by atoms with Crippen molar-refractivity contribution in [2.45, 2.75) is 13.5 Å². The molecule has 2 aromatic carbocycles. The van der Waals surface area contributed by atoms with E-state index in [0.29, 0.717) is 17.1 Å². The molecule has 0 unspecified atom stereocenters. The SMILES string of the molecule is C=Cc1nn(Cc2ccc3c(c2)nnn3C)c(C)c1-c1ccc(C#N)c(Cl)c1. The Balaban J connectivity index is 1.75. The molecule has 138 valence electrons. The lowest BCUT2D eigenvalue weighted by molar-refractivity contribution is 0.664. The van der Waals surface area contributed by atoms with Gasteiger partial charge in [-0.1, -0.05) is 35.5 Å². The number of aromatic nitrogens is 5. The van der Waals surface area contributed by atoms with Crippen LogP contribution in [-0.4, -0.2) is 24.8 Å². The summed E-state index contributed by atoms with van der Waals surface area (Å²) in [6.45, 7) is 6.51. The van der Waals surface area contributed by atoms with Crippen molar-refractivity contribution in [1.82, 2.24) is 24.8 Å². The van der Waals surface area contributed by atoms with Gasteiger partial charge in [0.2, 0.25) is 0 Å². The summed E-state index contributed by atoms with van der Waals surface area (Å²) in [5.74, 6) is 0. The van der Waals surface area contributed by atoms with E-state index in [2.05, 4.69) is 29.0 Å². The molecule has 0 radical (unpaired) electrons. The Morgan fingerprint density at radius 3 is 2.79 bits per heavy atom. The Morgan fingerprint density at radius 2 is 2.07 bits per heavy atom. The van der Waals surface area contributed by atoms with Crippen LogP contribution in [0.1, 0.15) is 22.5 Å². The number of benzene rings is 2. The second-order valence-corrected chi connectivity index (χ2v) is 6.96. The maximum Gasteiger partial charge on any atom is 0.113 e. The number of nitriles is 1. The molecule has 28 heavy (non-hydrogen) atoms. The highest BCUT2D eigenvalue weighted by molar-refractivity contribution is 6.32. The average Bonchev–Trinajstić information content (AvgIpc) is 3.21. The first-order valence-corrected chi connectivity index (χ1v) is 9.07. The highest BCUT2D eigenvalue weighted by Crippen LogP contribution is 2.31. The molecule has 0 aliphatic heterocycles. The highest BCUT2D eigenvalue weighted by Gasteiger charge is 2.16. The van der Waals surface area contributed by atoms with E-state index in [1.807, 2.05) is 36.9 Å². The van der Waals surface area contributed by atoms with Gasteiger partial charge in [-0.3, -0.25) is 4.68 Å². The van der Waals surface area contributed by atoms with Gasteiger partial charge in [0.25, 0.3) is 0 Å². The van der Waals surface area contributed by atoms with Gasteiger partial charge in [-0.05, 0) is 48.4 Å². The van der Waals surface area contributed by atoms with Crippen LogP contribution in [0.2, 0.25) is 5.02 Å². The van der Waals surface area contributed by atoms with E-state index in [-0.39, 0.29) is 0 Å². The molecule has 0 saturated carbocycles. The molecule has 0 bridgehead atoms. The first kappa shape index (κ1) is 18.0. The number of aryl methyl sites for hydroxylation is 1. The third kappa shape index (κ3) is 2.96. The molecule has 0 saturated heterocycles. The number of hydrogen-bond acceptors (Lipinski definition) is 4. The third-order valence-corrected chi connectivity index (χ3v) is 5.13. The zero-order chi connectivity index (χ0) is 19.8. The fourth-order valence-electron chi connectivity index (χ4n) is 3.34. The van der Waals surface area contributed by atoms with E-state index in [0.717, 1.165) is 39.1 Å². The van der Waals surface area contributed by atoms with Gasteiger partial charge in [0.05, 0.1) is 28.3 Å². The average molecular weight is 389 g/mol. The van der Waals surface area contributed by atoms with E-state index < -0.39 is 0 Å². The number of nitrogens with zero attached hydrogens (tertiary/aromatic N) is 6. The Bertz CT molecular complexity index is 1260. The zero-order valence-corrected chi connectivity index (χ0v) is 16.3. The Hall–Kier alpha value is -3.43. The summed E-state index contributed by atoms with van der Waals surface area (Å²) < 4.78 is 3.69. The van der Waals surface area contributed by atoms with Gasteiger partial charge in [-0.15, -0.1) is 5.10 Å². The number of fused-ring (bicyclic) bond motifs is 1. The predicted molar refractivity (Wildman–Crippen MR) is 110 cm³/mol. The summed E-state index contributed by atoms with van der Waals surface area (Å²) in [5.41, 5.74) is 7.02. The minimum absolute atomic E-state index is 0.426. The van der Waals surface area contributed by atoms with Crippen LogP contribution in [0.5, 0.6) is 0 Å². The van der Waals surface area contributed by atoms with Crippen molar-refractivity contribution in [3.63, 3.8) is 0 Å². The van der Waals surface area contributed by atoms with Crippen LogP contribution in [0.15, 0.2) is 43.0 Å². The minimum Gasteiger partial charge on any atom is -0.264 e.